The molecule has 25 heavy (non-hydrogen) atoms. The molecule has 0 unspecified atom stereocenters. The van der Waals surface area contributed by atoms with E-state index in [-0.39, 0.29) is 11.5 Å². The van der Waals surface area contributed by atoms with Gasteiger partial charge in [0.05, 0.1) is 34.5 Å². The Kier molecular flexibility index (Phi) is 5.26. The number of hydrogen-bond acceptors (Lipinski definition) is 9. The molecule has 1 heterocycles. The second-order valence-electron chi connectivity index (χ2n) is 4.94. The first-order valence-electron chi connectivity index (χ1n) is 6.97. The number of esters is 1. The quantitative estimate of drug-likeness (QED) is 0.240. The van der Waals surface area contributed by atoms with Crippen LogP contribution in [-0.2, 0) is 9.53 Å². The molecule has 134 valence electrons. The predicted molar refractivity (Wildman–Crippen MR) is 78.2 cm³/mol. The molecule has 1 saturated heterocycles. The normalized spacial score (nSPS) is 17.2. The van der Waals surface area contributed by atoms with Crippen LogP contribution >= 0.6 is 0 Å². The van der Waals surface area contributed by atoms with Crippen molar-refractivity contribution in [3.05, 3.63) is 43.6 Å². The summed E-state index contributed by atoms with van der Waals surface area (Å²) in [5, 5.41) is 37.8. The van der Waals surface area contributed by atoms with Crippen molar-refractivity contribution in [3.8, 4) is 5.75 Å². The molecule has 0 saturated carbocycles. The zero-order valence-corrected chi connectivity index (χ0v) is 12.9. The van der Waals surface area contributed by atoms with E-state index >= 15 is 0 Å². The zero-order valence-electron chi connectivity index (χ0n) is 12.9. The van der Waals surface area contributed by atoms with Gasteiger partial charge in [0.15, 0.2) is 6.04 Å². The molecule has 1 fully saturated rings. The summed E-state index contributed by atoms with van der Waals surface area (Å²) in [6.07, 6.45) is 0.935. The van der Waals surface area contributed by atoms with Crippen molar-refractivity contribution in [1.29, 1.82) is 0 Å². The van der Waals surface area contributed by atoms with Crippen LogP contribution < -0.4 is 4.84 Å². The number of hydrazine groups is 1. The maximum atomic E-state index is 12.0. The van der Waals surface area contributed by atoms with Gasteiger partial charge in [0, 0.05) is 6.07 Å². The number of hydrogen-bond donors (Lipinski definition) is 0. The number of rotatable bonds is 6. The third kappa shape index (κ3) is 3.88. The molecule has 0 spiro atoms. The van der Waals surface area contributed by atoms with E-state index in [1.165, 1.54) is 7.11 Å². The molecule has 0 N–H and O–H groups in total. The average Bonchev–Trinajstić information content (AvgIpc) is 3.08. The van der Waals surface area contributed by atoms with Crippen LogP contribution in [0, 0.1) is 25.4 Å². The molecular formula is C12H13N5O8. The van der Waals surface area contributed by atoms with Crippen LogP contribution in [0.4, 0.5) is 11.4 Å². The second kappa shape index (κ2) is 7.37. The molecule has 0 bridgehead atoms. The Bertz CT molecular complexity index is 736. The fraction of sp³-hybridized carbons (Fsp3) is 0.417. The molecule has 0 amide bonds. The van der Waals surface area contributed by atoms with Crippen LogP contribution in [0.25, 0.3) is 0 Å². The highest BCUT2D eigenvalue weighted by Gasteiger charge is 2.38. The molecule has 1 aromatic carbocycles. The molecule has 1 aromatic rings. The van der Waals surface area contributed by atoms with E-state index in [0.717, 1.165) is 17.1 Å². The Hall–Kier alpha value is -3.51. The lowest BCUT2D eigenvalue weighted by Gasteiger charge is -2.17. The van der Waals surface area contributed by atoms with Crippen molar-refractivity contribution in [2.75, 3.05) is 13.7 Å². The van der Waals surface area contributed by atoms with Crippen LogP contribution in [-0.4, -0.2) is 45.5 Å². The number of nitro benzene ring substituents is 2. The van der Waals surface area contributed by atoms with E-state index in [9.17, 15) is 30.2 Å². The summed E-state index contributed by atoms with van der Waals surface area (Å²) in [6, 6.07) is 1.78. The maximum Gasteiger partial charge on any atom is 0.334 e. The number of ether oxygens (including phenoxy) is 1. The van der Waals surface area contributed by atoms with E-state index in [0.29, 0.717) is 18.9 Å². The molecule has 13 nitrogen and oxygen atoms in total. The van der Waals surface area contributed by atoms with Crippen molar-refractivity contribution in [3.63, 3.8) is 0 Å². The van der Waals surface area contributed by atoms with Crippen LogP contribution in [0.1, 0.15) is 12.8 Å². The summed E-state index contributed by atoms with van der Waals surface area (Å²) in [5.74, 6) is -1.07. The van der Waals surface area contributed by atoms with Crippen molar-refractivity contribution >= 4 is 17.3 Å². The maximum absolute atomic E-state index is 12.0. The molecule has 13 heteroatoms. The monoisotopic (exact) mass is 355 g/mol. The largest absolute Gasteiger partial charge is 0.569 e. The van der Waals surface area contributed by atoms with Gasteiger partial charge >= 0.3 is 11.7 Å². The minimum absolute atomic E-state index is 0.000273. The first-order chi connectivity index (χ1) is 11.8. The van der Waals surface area contributed by atoms with E-state index in [1.807, 2.05) is 0 Å². The number of non-ortho nitro benzene ring substituents is 1. The lowest BCUT2D eigenvalue weighted by Crippen LogP contribution is -2.41. The van der Waals surface area contributed by atoms with Crippen molar-refractivity contribution in [1.82, 2.24) is 5.01 Å². The van der Waals surface area contributed by atoms with Gasteiger partial charge in [0.1, 0.15) is 0 Å². The number of carbonyl (C=O) groups excluding carboxylic acids is 1. The Morgan fingerprint density at radius 3 is 2.60 bits per heavy atom. The van der Waals surface area contributed by atoms with Gasteiger partial charge in [-0.2, -0.15) is 0 Å². The highest BCUT2D eigenvalue weighted by Crippen LogP contribution is 2.31. The van der Waals surface area contributed by atoms with Gasteiger partial charge in [-0.15, -0.1) is 5.01 Å². The first-order valence-corrected chi connectivity index (χ1v) is 6.97. The van der Waals surface area contributed by atoms with Gasteiger partial charge in [-0.1, -0.05) is 0 Å². The molecule has 2 rings (SSSR count). The topological polar surface area (TPSA) is 163 Å². The third-order valence-corrected chi connectivity index (χ3v) is 3.48. The van der Waals surface area contributed by atoms with Crippen molar-refractivity contribution < 1.29 is 29.2 Å². The summed E-state index contributed by atoms with van der Waals surface area (Å²) >= 11 is 0. The van der Waals surface area contributed by atoms with E-state index in [2.05, 4.69) is 10.0 Å². The summed E-state index contributed by atoms with van der Waals surface area (Å²) in [7, 11) is 1.18. The fourth-order valence-corrected chi connectivity index (χ4v) is 2.30. The number of nitrogens with zero attached hydrogens (tertiary/aromatic N) is 5. The fourth-order valence-electron chi connectivity index (χ4n) is 2.30. The second-order valence-corrected chi connectivity index (χ2v) is 4.94. The lowest BCUT2D eigenvalue weighted by molar-refractivity contribution is -0.708. The molecule has 1 aliphatic heterocycles. The minimum atomic E-state index is -0.903. The number of nitro groups is 2. The Morgan fingerprint density at radius 1 is 1.28 bits per heavy atom. The van der Waals surface area contributed by atoms with E-state index < -0.39 is 39.0 Å². The summed E-state index contributed by atoms with van der Waals surface area (Å²) in [6.45, 7) is 0.221. The summed E-state index contributed by atoms with van der Waals surface area (Å²) < 4.78 is 4.58. The standard InChI is InChI=1S/C12H13N5O8/c1-24-12(18)9-3-2-6-14(9)17(23)13-25-11-5-4-8(15(19)20)7-10(11)16(21)22/h4-5,7,9H,2-3,6H2,1H3/b17-13-/t9-/m0/s1. The number of methoxy groups -OCH3 is 1. The van der Waals surface area contributed by atoms with Gasteiger partial charge in [-0.05, 0) is 18.9 Å². The predicted octanol–water partition coefficient (Wildman–Crippen LogP) is 1.31. The van der Waals surface area contributed by atoms with Crippen molar-refractivity contribution in [2.45, 2.75) is 18.9 Å². The highest BCUT2D eigenvalue weighted by atomic mass is 16.7. The van der Waals surface area contributed by atoms with Gasteiger partial charge in [0.2, 0.25) is 11.0 Å². The van der Waals surface area contributed by atoms with Crippen molar-refractivity contribution in [2.24, 2.45) is 5.28 Å². The minimum Gasteiger partial charge on any atom is -0.569 e. The van der Waals surface area contributed by atoms with E-state index in [1.54, 1.807) is 0 Å². The smallest absolute Gasteiger partial charge is 0.334 e. The number of benzene rings is 1. The Labute approximate surface area is 139 Å². The average molecular weight is 355 g/mol. The van der Waals surface area contributed by atoms with Crippen LogP contribution in [0.3, 0.4) is 0 Å². The highest BCUT2D eigenvalue weighted by molar-refractivity contribution is 5.75. The van der Waals surface area contributed by atoms with Crippen LogP contribution in [0.2, 0.25) is 0 Å². The zero-order chi connectivity index (χ0) is 18.6. The summed E-state index contributed by atoms with van der Waals surface area (Å²) in [5.41, 5.74) is -1.24. The van der Waals surface area contributed by atoms with Crippen LogP contribution in [0.15, 0.2) is 23.5 Å². The Balaban J connectivity index is 2.21. The molecule has 0 aliphatic carbocycles. The van der Waals surface area contributed by atoms with Gasteiger partial charge < -0.3 is 9.94 Å². The van der Waals surface area contributed by atoms with Gasteiger partial charge in [-0.25, -0.2) is 4.79 Å². The summed E-state index contributed by atoms with van der Waals surface area (Å²) in [4.78, 5) is 36.3. The first kappa shape index (κ1) is 17.8. The molecule has 1 atom stereocenters. The Morgan fingerprint density at radius 2 is 2.00 bits per heavy atom. The lowest BCUT2D eigenvalue weighted by atomic mass is 10.2. The molecule has 0 aromatic heterocycles. The molecular weight excluding hydrogens is 342 g/mol. The van der Waals surface area contributed by atoms with Gasteiger partial charge in [-0.3, -0.25) is 25.1 Å². The third-order valence-electron chi connectivity index (χ3n) is 3.48. The SMILES string of the molecule is COC(=O)[C@@H]1CCCN1/[N+]([O-])=N/Oc1ccc([N+](=O)[O-])cc1[N+](=O)[O-]. The van der Waals surface area contributed by atoms with Crippen LogP contribution in [0.5, 0.6) is 5.75 Å². The number of carbonyl (C=O) groups is 1. The van der Waals surface area contributed by atoms with Gasteiger partial charge in [0.25, 0.3) is 5.69 Å². The molecule has 0 radical (unpaired) electrons. The molecule has 1 aliphatic rings. The van der Waals surface area contributed by atoms with E-state index in [4.69, 9.17) is 4.84 Å².